The fourth-order valence-electron chi connectivity index (χ4n) is 3.23. The summed E-state index contributed by atoms with van der Waals surface area (Å²) in [6.45, 7) is 2.59. The molecule has 1 radical (unpaired) electrons. The van der Waals surface area contributed by atoms with Gasteiger partial charge in [0.1, 0.15) is 5.75 Å². The number of ether oxygens (including phenoxy) is 2. The lowest BCUT2D eigenvalue weighted by atomic mass is 9.91. The molecule has 0 aromatic heterocycles. The summed E-state index contributed by atoms with van der Waals surface area (Å²) in [5.41, 5.74) is 2.33. The van der Waals surface area contributed by atoms with Crippen molar-refractivity contribution >= 4 is 11.6 Å². The molecule has 2 aromatic rings. The van der Waals surface area contributed by atoms with Crippen LogP contribution in [0.5, 0.6) is 17.2 Å². The van der Waals surface area contributed by atoms with Gasteiger partial charge in [-0.3, -0.25) is 4.79 Å². The summed E-state index contributed by atoms with van der Waals surface area (Å²) < 4.78 is 10.7. The van der Waals surface area contributed by atoms with Gasteiger partial charge in [-0.25, -0.2) is 0 Å². The van der Waals surface area contributed by atoms with Crippen molar-refractivity contribution in [1.29, 1.82) is 0 Å². The van der Waals surface area contributed by atoms with Crippen LogP contribution in [-0.2, 0) is 4.79 Å². The van der Waals surface area contributed by atoms with E-state index in [2.05, 4.69) is 0 Å². The van der Waals surface area contributed by atoms with E-state index in [9.17, 15) is 9.90 Å². The van der Waals surface area contributed by atoms with Crippen molar-refractivity contribution in [2.45, 2.75) is 12.8 Å². The van der Waals surface area contributed by atoms with E-state index in [-0.39, 0.29) is 18.4 Å². The Morgan fingerprint density at radius 3 is 2.74 bits per heavy atom. The summed E-state index contributed by atoms with van der Waals surface area (Å²) in [7, 11) is 0. The number of amides is 1. The molecular formula is C18H16NO4. The predicted octanol–water partition coefficient (Wildman–Crippen LogP) is 2.82. The molecule has 5 heteroatoms. The van der Waals surface area contributed by atoms with Crippen LogP contribution < -0.4 is 14.4 Å². The van der Waals surface area contributed by atoms with Crippen LogP contribution in [0.15, 0.2) is 36.4 Å². The maximum Gasteiger partial charge on any atom is 0.239 e. The van der Waals surface area contributed by atoms with Gasteiger partial charge >= 0.3 is 0 Å². The minimum atomic E-state index is -0.527. The number of rotatable bonds is 3. The largest absolute Gasteiger partial charge is 0.507 e. The third kappa shape index (κ3) is 2.04. The van der Waals surface area contributed by atoms with Gasteiger partial charge in [0.25, 0.3) is 0 Å². The average Bonchev–Trinajstić information content (AvgIpc) is 3.10. The minimum Gasteiger partial charge on any atom is -0.507 e. The lowest BCUT2D eigenvalue weighted by Gasteiger charge is -2.17. The number of carbonyl (C=O) groups excluding carboxylic acids is 1. The number of phenols is 1. The second kappa shape index (κ2) is 5.19. The van der Waals surface area contributed by atoms with Gasteiger partial charge in [-0.15, -0.1) is 0 Å². The zero-order valence-corrected chi connectivity index (χ0v) is 12.7. The topological polar surface area (TPSA) is 59.0 Å². The quantitative estimate of drug-likeness (QED) is 0.947. The first kappa shape index (κ1) is 13.9. The molecule has 2 aliphatic heterocycles. The Hall–Kier alpha value is -2.69. The number of para-hydroxylation sites is 1. The van der Waals surface area contributed by atoms with Crippen LogP contribution in [-0.4, -0.2) is 24.4 Å². The average molecular weight is 310 g/mol. The van der Waals surface area contributed by atoms with E-state index in [4.69, 9.17) is 9.47 Å². The van der Waals surface area contributed by atoms with Gasteiger partial charge in [-0.05, 0) is 24.1 Å². The SMILES string of the molecule is C[CH]CN1C(=O)C(c2cc3c(cc2O)OCO3)c2ccccc21. The molecule has 1 amide bonds. The molecule has 0 saturated heterocycles. The number of carbonyl (C=O) groups is 1. The maximum atomic E-state index is 12.9. The van der Waals surface area contributed by atoms with Gasteiger partial charge in [0.2, 0.25) is 12.7 Å². The Balaban J connectivity index is 1.85. The Kier molecular flexibility index (Phi) is 3.15. The zero-order chi connectivity index (χ0) is 16.0. The van der Waals surface area contributed by atoms with E-state index < -0.39 is 5.92 Å². The van der Waals surface area contributed by atoms with Crippen LogP contribution >= 0.6 is 0 Å². The fourth-order valence-corrected chi connectivity index (χ4v) is 3.23. The molecule has 5 nitrogen and oxygen atoms in total. The second-order valence-electron chi connectivity index (χ2n) is 5.61. The zero-order valence-electron chi connectivity index (χ0n) is 12.7. The van der Waals surface area contributed by atoms with E-state index in [1.165, 1.54) is 6.07 Å². The van der Waals surface area contributed by atoms with Gasteiger partial charge in [0.15, 0.2) is 11.5 Å². The van der Waals surface area contributed by atoms with Crippen LogP contribution in [0, 0.1) is 6.42 Å². The molecule has 2 aromatic carbocycles. The van der Waals surface area contributed by atoms with Crippen LogP contribution in [0.25, 0.3) is 0 Å². The molecule has 2 aliphatic rings. The summed E-state index contributed by atoms with van der Waals surface area (Å²) in [5.74, 6) is 0.538. The molecule has 1 atom stereocenters. The third-order valence-electron chi connectivity index (χ3n) is 4.25. The number of hydrogen-bond donors (Lipinski definition) is 1. The van der Waals surface area contributed by atoms with Crippen LogP contribution in [0.3, 0.4) is 0 Å². The molecular weight excluding hydrogens is 294 g/mol. The summed E-state index contributed by atoms with van der Waals surface area (Å²) in [4.78, 5) is 14.7. The Morgan fingerprint density at radius 1 is 1.22 bits per heavy atom. The highest BCUT2D eigenvalue weighted by Gasteiger charge is 2.39. The predicted molar refractivity (Wildman–Crippen MR) is 84.8 cm³/mol. The van der Waals surface area contributed by atoms with E-state index in [0.717, 1.165) is 11.3 Å². The summed E-state index contributed by atoms with van der Waals surface area (Å²) in [6, 6.07) is 10.9. The third-order valence-corrected chi connectivity index (χ3v) is 4.25. The normalized spacial score (nSPS) is 18.4. The molecule has 117 valence electrons. The molecule has 0 aliphatic carbocycles. The molecule has 0 bridgehead atoms. The number of phenolic OH excluding ortho intramolecular Hbond substituents is 1. The molecule has 4 rings (SSSR count). The molecule has 0 fully saturated rings. The number of fused-ring (bicyclic) bond motifs is 2. The van der Waals surface area contributed by atoms with Gasteiger partial charge in [0, 0.05) is 23.9 Å². The molecule has 1 N–H and O–H groups in total. The number of aromatic hydroxyl groups is 1. The second-order valence-corrected chi connectivity index (χ2v) is 5.61. The molecule has 1 unspecified atom stereocenters. The standard InChI is InChI=1S/C18H16NO4/c1-2-7-19-13-6-4-3-5-11(13)17(18(19)21)12-8-15-16(9-14(12)20)23-10-22-15/h2-6,8-9,17,20H,7,10H2,1H3. The molecule has 2 heterocycles. The first-order valence-corrected chi connectivity index (χ1v) is 7.51. The summed E-state index contributed by atoms with van der Waals surface area (Å²) >= 11 is 0. The monoisotopic (exact) mass is 310 g/mol. The van der Waals surface area contributed by atoms with Crippen LogP contribution in [0.2, 0.25) is 0 Å². The van der Waals surface area contributed by atoms with Crippen molar-refractivity contribution in [3.63, 3.8) is 0 Å². The summed E-state index contributed by atoms with van der Waals surface area (Å²) in [6.07, 6.45) is 1.94. The highest BCUT2D eigenvalue weighted by molar-refractivity contribution is 6.07. The van der Waals surface area contributed by atoms with Crippen molar-refractivity contribution in [3.05, 3.63) is 53.9 Å². The Bertz CT molecular complexity index is 787. The number of hydrogen-bond acceptors (Lipinski definition) is 4. The Labute approximate surface area is 134 Å². The van der Waals surface area contributed by atoms with E-state index in [1.54, 1.807) is 11.0 Å². The van der Waals surface area contributed by atoms with Gasteiger partial charge in [-0.1, -0.05) is 25.1 Å². The van der Waals surface area contributed by atoms with E-state index in [0.29, 0.717) is 23.6 Å². The van der Waals surface area contributed by atoms with Crippen molar-refractivity contribution in [2.24, 2.45) is 0 Å². The number of benzene rings is 2. The van der Waals surface area contributed by atoms with Crippen LogP contribution in [0.4, 0.5) is 5.69 Å². The van der Waals surface area contributed by atoms with E-state index in [1.807, 2.05) is 37.6 Å². The molecule has 0 spiro atoms. The van der Waals surface area contributed by atoms with E-state index >= 15 is 0 Å². The van der Waals surface area contributed by atoms with Crippen molar-refractivity contribution < 1.29 is 19.4 Å². The highest BCUT2D eigenvalue weighted by Crippen LogP contribution is 2.47. The first-order valence-electron chi connectivity index (χ1n) is 7.51. The number of nitrogens with zero attached hydrogens (tertiary/aromatic N) is 1. The summed E-state index contributed by atoms with van der Waals surface area (Å²) in [5, 5.41) is 10.4. The minimum absolute atomic E-state index is 0.0431. The fraction of sp³-hybridized carbons (Fsp3) is 0.222. The maximum absolute atomic E-state index is 12.9. The Morgan fingerprint density at radius 2 is 1.96 bits per heavy atom. The van der Waals surface area contributed by atoms with Crippen molar-refractivity contribution in [1.82, 2.24) is 0 Å². The first-order chi connectivity index (χ1) is 11.2. The lowest BCUT2D eigenvalue weighted by Crippen LogP contribution is -2.30. The highest BCUT2D eigenvalue weighted by atomic mass is 16.7. The smallest absolute Gasteiger partial charge is 0.239 e. The van der Waals surface area contributed by atoms with Gasteiger partial charge in [-0.2, -0.15) is 0 Å². The van der Waals surface area contributed by atoms with Crippen molar-refractivity contribution in [2.75, 3.05) is 18.2 Å². The molecule has 0 saturated carbocycles. The van der Waals surface area contributed by atoms with Crippen LogP contribution in [0.1, 0.15) is 24.0 Å². The lowest BCUT2D eigenvalue weighted by molar-refractivity contribution is -0.118. The van der Waals surface area contributed by atoms with Crippen molar-refractivity contribution in [3.8, 4) is 17.2 Å². The molecule has 23 heavy (non-hydrogen) atoms. The van der Waals surface area contributed by atoms with Gasteiger partial charge < -0.3 is 19.5 Å². The van der Waals surface area contributed by atoms with Gasteiger partial charge in [0.05, 0.1) is 5.92 Å². The number of anilines is 1.